The third kappa shape index (κ3) is 5.78. The zero-order valence-corrected chi connectivity index (χ0v) is 15.2. The van der Waals surface area contributed by atoms with Crippen molar-refractivity contribution in [2.45, 2.75) is 46.1 Å². The SMILES string of the molecule is CCCC[C@H](c1ccc(C)c(C)c1)N1CCNCC1.Cl.Cl. The average molecular weight is 333 g/mol. The number of rotatable bonds is 5. The fourth-order valence-corrected chi connectivity index (χ4v) is 2.92. The van der Waals surface area contributed by atoms with Crippen molar-refractivity contribution in [1.82, 2.24) is 10.2 Å². The van der Waals surface area contributed by atoms with Gasteiger partial charge in [0.25, 0.3) is 0 Å². The lowest BCUT2D eigenvalue weighted by atomic mass is 9.95. The zero-order valence-electron chi connectivity index (χ0n) is 13.5. The van der Waals surface area contributed by atoms with Crippen molar-refractivity contribution in [3.8, 4) is 0 Å². The van der Waals surface area contributed by atoms with Gasteiger partial charge in [-0.1, -0.05) is 38.0 Å². The molecule has 4 heteroatoms. The van der Waals surface area contributed by atoms with Gasteiger partial charge in [-0.25, -0.2) is 0 Å². The number of nitrogens with zero attached hydrogens (tertiary/aromatic N) is 1. The Morgan fingerprint density at radius 2 is 1.76 bits per heavy atom. The Morgan fingerprint density at radius 1 is 1.10 bits per heavy atom. The van der Waals surface area contributed by atoms with Crippen LogP contribution in [0.4, 0.5) is 0 Å². The number of hydrogen-bond acceptors (Lipinski definition) is 2. The summed E-state index contributed by atoms with van der Waals surface area (Å²) in [4.78, 5) is 2.66. The summed E-state index contributed by atoms with van der Waals surface area (Å²) in [7, 11) is 0. The van der Waals surface area contributed by atoms with Gasteiger partial charge in [0.15, 0.2) is 0 Å². The van der Waals surface area contributed by atoms with E-state index < -0.39 is 0 Å². The Labute approximate surface area is 142 Å². The molecule has 0 radical (unpaired) electrons. The van der Waals surface area contributed by atoms with Crippen molar-refractivity contribution >= 4 is 24.8 Å². The molecule has 1 fully saturated rings. The van der Waals surface area contributed by atoms with E-state index in [-0.39, 0.29) is 24.8 Å². The molecule has 122 valence electrons. The molecule has 2 nitrogen and oxygen atoms in total. The number of aryl methyl sites for hydroxylation is 2. The van der Waals surface area contributed by atoms with E-state index in [2.05, 4.69) is 49.2 Å². The molecule has 1 atom stereocenters. The van der Waals surface area contributed by atoms with Crippen LogP contribution >= 0.6 is 24.8 Å². The molecular weight excluding hydrogens is 303 g/mol. The van der Waals surface area contributed by atoms with Gasteiger partial charge < -0.3 is 5.32 Å². The fraction of sp³-hybridized carbons (Fsp3) is 0.647. The average Bonchev–Trinajstić information content (AvgIpc) is 2.44. The Kier molecular flexibility index (Phi) is 10.3. The lowest BCUT2D eigenvalue weighted by Gasteiger charge is -2.35. The van der Waals surface area contributed by atoms with Crippen molar-refractivity contribution in [1.29, 1.82) is 0 Å². The van der Waals surface area contributed by atoms with E-state index >= 15 is 0 Å². The first kappa shape index (κ1) is 20.7. The molecule has 1 aromatic carbocycles. The van der Waals surface area contributed by atoms with Crippen molar-refractivity contribution in [3.05, 3.63) is 34.9 Å². The van der Waals surface area contributed by atoms with E-state index in [1.807, 2.05) is 0 Å². The molecule has 0 unspecified atom stereocenters. The Hall–Kier alpha value is -0.280. The van der Waals surface area contributed by atoms with E-state index in [0.29, 0.717) is 6.04 Å². The van der Waals surface area contributed by atoms with Crippen LogP contribution in [-0.4, -0.2) is 31.1 Å². The molecule has 0 amide bonds. The smallest absolute Gasteiger partial charge is 0.0349 e. The van der Waals surface area contributed by atoms with Crippen molar-refractivity contribution < 1.29 is 0 Å². The monoisotopic (exact) mass is 332 g/mol. The molecule has 0 aromatic heterocycles. The largest absolute Gasteiger partial charge is 0.314 e. The molecule has 0 bridgehead atoms. The number of benzene rings is 1. The number of halogens is 2. The van der Waals surface area contributed by atoms with Gasteiger partial charge in [0.05, 0.1) is 0 Å². The summed E-state index contributed by atoms with van der Waals surface area (Å²) in [6, 6.07) is 7.63. The molecule has 21 heavy (non-hydrogen) atoms. The Balaban J connectivity index is 0.00000200. The van der Waals surface area contributed by atoms with Gasteiger partial charge in [-0.05, 0) is 37.0 Å². The van der Waals surface area contributed by atoms with Crippen LogP contribution in [0.5, 0.6) is 0 Å². The van der Waals surface area contributed by atoms with Gasteiger partial charge in [-0.15, -0.1) is 24.8 Å². The molecule has 0 saturated carbocycles. The summed E-state index contributed by atoms with van der Waals surface area (Å²) in [5.41, 5.74) is 4.34. The van der Waals surface area contributed by atoms with Crippen molar-refractivity contribution in [2.24, 2.45) is 0 Å². The highest BCUT2D eigenvalue weighted by Gasteiger charge is 2.21. The second kappa shape index (κ2) is 10.4. The van der Waals surface area contributed by atoms with Crippen LogP contribution in [0.2, 0.25) is 0 Å². The summed E-state index contributed by atoms with van der Waals surface area (Å²) in [5.74, 6) is 0. The van der Waals surface area contributed by atoms with Crippen LogP contribution in [0.25, 0.3) is 0 Å². The predicted molar refractivity (Wildman–Crippen MR) is 97.1 cm³/mol. The lowest BCUT2D eigenvalue weighted by molar-refractivity contribution is 0.163. The lowest BCUT2D eigenvalue weighted by Crippen LogP contribution is -2.45. The topological polar surface area (TPSA) is 15.3 Å². The molecule has 1 aliphatic rings. The van der Waals surface area contributed by atoms with Crippen LogP contribution in [0.3, 0.4) is 0 Å². The van der Waals surface area contributed by atoms with E-state index in [4.69, 9.17) is 0 Å². The van der Waals surface area contributed by atoms with Crippen LogP contribution in [0, 0.1) is 13.8 Å². The van der Waals surface area contributed by atoms with Gasteiger partial charge in [0, 0.05) is 32.2 Å². The summed E-state index contributed by atoms with van der Waals surface area (Å²) in [6.45, 7) is 11.3. The first-order valence-corrected chi connectivity index (χ1v) is 7.74. The second-order valence-corrected chi connectivity index (χ2v) is 5.79. The number of piperazine rings is 1. The molecule has 1 aromatic rings. The first-order chi connectivity index (χ1) is 9.22. The quantitative estimate of drug-likeness (QED) is 0.865. The predicted octanol–water partition coefficient (Wildman–Crippen LogP) is 4.28. The summed E-state index contributed by atoms with van der Waals surface area (Å²) in [6.07, 6.45) is 3.90. The van der Waals surface area contributed by atoms with Crippen LogP contribution < -0.4 is 5.32 Å². The maximum atomic E-state index is 3.46. The van der Waals surface area contributed by atoms with Crippen molar-refractivity contribution in [2.75, 3.05) is 26.2 Å². The maximum absolute atomic E-state index is 3.46. The molecule has 1 N–H and O–H groups in total. The number of hydrogen-bond donors (Lipinski definition) is 1. The highest BCUT2D eigenvalue weighted by molar-refractivity contribution is 5.85. The highest BCUT2D eigenvalue weighted by Crippen LogP contribution is 2.28. The Morgan fingerprint density at radius 3 is 2.33 bits per heavy atom. The third-order valence-electron chi connectivity index (χ3n) is 4.34. The molecule has 1 heterocycles. The van der Waals surface area contributed by atoms with E-state index in [9.17, 15) is 0 Å². The normalized spacial score (nSPS) is 16.7. The molecular formula is C17H30Cl2N2. The van der Waals surface area contributed by atoms with Crippen molar-refractivity contribution in [3.63, 3.8) is 0 Å². The van der Waals surface area contributed by atoms with Crippen LogP contribution in [0.15, 0.2) is 18.2 Å². The third-order valence-corrected chi connectivity index (χ3v) is 4.34. The minimum Gasteiger partial charge on any atom is -0.314 e. The molecule has 1 saturated heterocycles. The minimum atomic E-state index is 0. The minimum absolute atomic E-state index is 0. The van der Waals surface area contributed by atoms with Crippen LogP contribution in [0.1, 0.15) is 48.9 Å². The van der Waals surface area contributed by atoms with Gasteiger partial charge in [-0.3, -0.25) is 4.90 Å². The van der Waals surface area contributed by atoms with Gasteiger partial charge in [0.2, 0.25) is 0 Å². The fourth-order valence-electron chi connectivity index (χ4n) is 2.92. The van der Waals surface area contributed by atoms with Crippen LogP contribution in [-0.2, 0) is 0 Å². The second-order valence-electron chi connectivity index (χ2n) is 5.79. The highest BCUT2D eigenvalue weighted by atomic mass is 35.5. The molecule has 1 aliphatic heterocycles. The Bertz CT molecular complexity index is 404. The van der Waals surface area contributed by atoms with Gasteiger partial charge in [-0.2, -0.15) is 0 Å². The van der Waals surface area contributed by atoms with Gasteiger partial charge in [0.1, 0.15) is 0 Å². The number of unbranched alkanes of at least 4 members (excludes halogenated alkanes) is 1. The van der Waals surface area contributed by atoms with E-state index in [1.54, 1.807) is 0 Å². The van der Waals surface area contributed by atoms with E-state index in [0.717, 1.165) is 13.1 Å². The number of nitrogens with one attached hydrogen (secondary N) is 1. The standard InChI is InChI=1S/C17H28N2.2ClH/c1-4-5-6-17(19-11-9-18-10-12-19)16-8-7-14(2)15(3)13-16;;/h7-8,13,17-18H,4-6,9-12H2,1-3H3;2*1H/t17-;;/m1../s1. The zero-order chi connectivity index (χ0) is 13.7. The van der Waals surface area contributed by atoms with Gasteiger partial charge >= 0.3 is 0 Å². The molecule has 2 rings (SSSR count). The summed E-state index contributed by atoms with van der Waals surface area (Å²) < 4.78 is 0. The molecule has 0 spiro atoms. The summed E-state index contributed by atoms with van der Waals surface area (Å²) >= 11 is 0. The summed E-state index contributed by atoms with van der Waals surface area (Å²) in [5, 5.41) is 3.46. The van der Waals surface area contributed by atoms with E-state index in [1.165, 1.54) is 49.0 Å². The first-order valence-electron chi connectivity index (χ1n) is 7.74. The maximum Gasteiger partial charge on any atom is 0.0349 e. The molecule has 0 aliphatic carbocycles.